The standard InChI is InChI=1S/C23H21N3O4S/c1-24-31(28,29)15-17-10-8-16(9-11-17)14-25-23(27)19-13-21(22-7-4-12-30-22)26-20-6-3-2-5-18(19)20/h2-13,24H,14-15H2,1H3,(H,25,27). The molecular formula is C23H21N3O4S. The Hall–Kier alpha value is -3.49. The lowest BCUT2D eigenvalue weighted by molar-refractivity contribution is 0.0952. The summed E-state index contributed by atoms with van der Waals surface area (Å²) in [6.45, 7) is 0.310. The monoisotopic (exact) mass is 435 g/mol. The number of fused-ring (bicyclic) bond motifs is 1. The van der Waals surface area contributed by atoms with E-state index in [1.165, 1.54) is 7.05 Å². The molecule has 7 nitrogen and oxygen atoms in total. The highest BCUT2D eigenvalue weighted by atomic mass is 32.2. The van der Waals surface area contributed by atoms with Crippen molar-refractivity contribution in [2.75, 3.05) is 7.05 Å². The number of benzene rings is 2. The van der Waals surface area contributed by atoms with E-state index in [1.54, 1.807) is 48.7 Å². The first-order chi connectivity index (χ1) is 14.9. The topological polar surface area (TPSA) is 101 Å². The van der Waals surface area contributed by atoms with Gasteiger partial charge in [-0.25, -0.2) is 18.1 Å². The maximum atomic E-state index is 13.0. The molecule has 158 valence electrons. The lowest BCUT2D eigenvalue weighted by Crippen LogP contribution is -2.23. The summed E-state index contributed by atoms with van der Waals surface area (Å²) in [5.41, 5.74) is 3.34. The molecule has 2 N–H and O–H groups in total. The minimum Gasteiger partial charge on any atom is -0.463 e. The molecular weight excluding hydrogens is 414 g/mol. The second-order valence-electron chi connectivity index (χ2n) is 7.01. The Morgan fingerprint density at radius 3 is 2.45 bits per heavy atom. The van der Waals surface area contributed by atoms with Crippen molar-refractivity contribution in [3.63, 3.8) is 0 Å². The van der Waals surface area contributed by atoms with Gasteiger partial charge < -0.3 is 9.73 Å². The van der Waals surface area contributed by atoms with Gasteiger partial charge >= 0.3 is 0 Å². The molecule has 31 heavy (non-hydrogen) atoms. The van der Waals surface area contributed by atoms with Crippen LogP contribution in [0.15, 0.2) is 77.4 Å². The number of hydrogen-bond donors (Lipinski definition) is 2. The molecule has 0 unspecified atom stereocenters. The lowest BCUT2D eigenvalue weighted by atomic mass is 10.1. The van der Waals surface area contributed by atoms with Crippen LogP contribution in [-0.4, -0.2) is 26.4 Å². The van der Waals surface area contributed by atoms with E-state index in [0.717, 1.165) is 10.9 Å². The van der Waals surface area contributed by atoms with Crippen LogP contribution < -0.4 is 10.0 Å². The number of hydrogen-bond acceptors (Lipinski definition) is 5. The van der Waals surface area contributed by atoms with Crippen molar-refractivity contribution in [3.05, 3.63) is 89.7 Å². The summed E-state index contributed by atoms with van der Waals surface area (Å²) in [7, 11) is -1.94. The molecule has 0 radical (unpaired) electrons. The van der Waals surface area contributed by atoms with Crippen molar-refractivity contribution >= 4 is 26.8 Å². The molecule has 0 aliphatic rings. The average molecular weight is 436 g/mol. The number of carbonyl (C=O) groups is 1. The van der Waals surface area contributed by atoms with Crippen molar-refractivity contribution in [1.29, 1.82) is 0 Å². The van der Waals surface area contributed by atoms with E-state index in [9.17, 15) is 13.2 Å². The highest BCUT2D eigenvalue weighted by molar-refractivity contribution is 7.88. The maximum Gasteiger partial charge on any atom is 0.252 e. The van der Waals surface area contributed by atoms with Gasteiger partial charge in [-0.3, -0.25) is 4.79 Å². The number of nitrogens with one attached hydrogen (secondary N) is 2. The summed E-state index contributed by atoms with van der Waals surface area (Å²) >= 11 is 0. The minimum absolute atomic E-state index is 0.0886. The second kappa shape index (κ2) is 8.71. The van der Waals surface area contributed by atoms with Gasteiger partial charge in [0.2, 0.25) is 10.0 Å². The Balaban J connectivity index is 1.54. The van der Waals surface area contributed by atoms with Crippen LogP contribution in [0.5, 0.6) is 0 Å². The molecule has 0 aliphatic heterocycles. The fourth-order valence-corrected chi connectivity index (χ4v) is 4.01. The molecule has 8 heteroatoms. The average Bonchev–Trinajstić information content (AvgIpc) is 3.32. The zero-order valence-electron chi connectivity index (χ0n) is 16.8. The van der Waals surface area contributed by atoms with Crippen molar-refractivity contribution in [2.24, 2.45) is 0 Å². The van der Waals surface area contributed by atoms with Gasteiger partial charge in [-0.05, 0) is 42.4 Å². The van der Waals surface area contributed by atoms with Crippen LogP contribution >= 0.6 is 0 Å². The quantitative estimate of drug-likeness (QED) is 0.463. The van der Waals surface area contributed by atoms with Crippen molar-refractivity contribution < 1.29 is 17.6 Å². The summed E-state index contributed by atoms with van der Waals surface area (Å²) in [6.07, 6.45) is 1.57. The number of rotatable bonds is 7. The molecule has 0 saturated carbocycles. The fourth-order valence-electron chi connectivity index (χ4n) is 3.24. The zero-order valence-corrected chi connectivity index (χ0v) is 17.6. The maximum absolute atomic E-state index is 13.0. The number of sulfonamides is 1. The van der Waals surface area contributed by atoms with Crippen LogP contribution in [0.1, 0.15) is 21.5 Å². The molecule has 0 atom stereocenters. The van der Waals surface area contributed by atoms with Crippen LogP contribution in [-0.2, 0) is 22.3 Å². The van der Waals surface area contributed by atoms with Crippen LogP contribution in [0.25, 0.3) is 22.4 Å². The summed E-state index contributed by atoms with van der Waals surface area (Å²) in [4.78, 5) is 17.6. The summed E-state index contributed by atoms with van der Waals surface area (Å²) < 4.78 is 31.1. The Morgan fingerprint density at radius 1 is 1.00 bits per heavy atom. The minimum atomic E-state index is -3.32. The molecule has 2 aromatic heterocycles. The zero-order chi connectivity index (χ0) is 21.8. The smallest absolute Gasteiger partial charge is 0.252 e. The van der Waals surface area contributed by atoms with Gasteiger partial charge in [0.25, 0.3) is 5.91 Å². The van der Waals surface area contributed by atoms with Gasteiger partial charge in [0.1, 0.15) is 5.69 Å². The molecule has 2 heterocycles. The Morgan fingerprint density at radius 2 is 1.74 bits per heavy atom. The van der Waals surface area contributed by atoms with Gasteiger partial charge in [-0.1, -0.05) is 42.5 Å². The SMILES string of the molecule is CNS(=O)(=O)Cc1ccc(CNC(=O)c2cc(-c3ccco3)nc3ccccc23)cc1. The number of carbonyl (C=O) groups excluding carboxylic acids is 1. The lowest BCUT2D eigenvalue weighted by Gasteiger charge is -2.10. The highest BCUT2D eigenvalue weighted by Crippen LogP contribution is 2.25. The predicted molar refractivity (Wildman–Crippen MR) is 119 cm³/mol. The first-order valence-electron chi connectivity index (χ1n) is 9.66. The first kappa shape index (κ1) is 20.8. The van der Waals surface area contributed by atoms with Crippen molar-refractivity contribution in [1.82, 2.24) is 15.0 Å². The van der Waals surface area contributed by atoms with Crippen LogP contribution in [0.2, 0.25) is 0 Å². The molecule has 4 aromatic rings. The second-order valence-corrected chi connectivity index (χ2v) is 8.94. The van der Waals surface area contributed by atoms with Crippen molar-refractivity contribution in [2.45, 2.75) is 12.3 Å². The van der Waals surface area contributed by atoms with Crippen LogP contribution in [0, 0.1) is 0 Å². The Kier molecular flexibility index (Phi) is 5.83. The number of aromatic nitrogens is 1. The Bertz CT molecular complexity index is 1310. The summed E-state index contributed by atoms with van der Waals surface area (Å²) in [5.74, 6) is 0.273. The van der Waals surface area contributed by atoms with Gasteiger partial charge in [0.05, 0.1) is 23.1 Å². The normalized spacial score (nSPS) is 11.5. The van der Waals surface area contributed by atoms with E-state index in [-0.39, 0.29) is 11.7 Å². The number of nitrogens with zero attached hydrogens (tertiary/aromatic N) is 1. The van der Waals surface area contributed by atoms with Crippen molar-refractivity contribution in [3.8, 4) is 11.5 Å². The molecule has 1 amide bonds. The predicted octanol–water partition coefficient (Wildman–Crippen LogP) is 3.47. The van der Waals surface area contributed by atoms with Gasteiger partial charge in [-0.2, -0.15) is 0 Å². The van der Waals surface area contributed by atoms with E-state index in [0.29, 0.717) is 34.6 Å². The van der Waals surface area contributed by atoms with Gasteiger partial charge in [0.15, 0.2) is 5.76 Å². The third kappa shape index (κ3) is 4.82. The van der Waals surface area contributed by atoms with E-state index >= 15 is 0 Å². The van der Waals surface area contributed by atoms with Gasteiger partial charge in [0, 0.05) is 11.9 Å². The van der Waals surface area contributed by atoms with Gasteiger partial charge in [-0.15, -0.1) is 0 Å². The van der Waals surface area contributed by atoms with E-state index in [2.05, 4.69) is 15.0 Å². The molecule has 2 aromatic carbocycles. The van der Waals surface area contributed by atoms with E-state index in [4.69, 9.17) is 4.42 Å². The number of para-hydroxylation sites is 1. The molecule has 0 bridgehead atoms. The highest BCUT2D eigenvalue weighted by Gasteiger charge is 2.15. The van der Waals surface area contributed by atoms with Crippen LogP contribution in [0.4, 0.5) is 0 Å². The van der Waals surface area contributed by atoms with E-state index < -0.39 is 10.0 Å². The number of pyridine rings is 1. The summed E-state index contributed by atoms with van der Waals surface area (Å²) in [6, 6.07) is 19.9. The molecule has 0 saturated heterocycles. The first-order valence-corrected chi connectivity index (χ1v) is 11.3. The third-order valence-corrected chi connectivity index (χ3v) is 6.21. The third-order valence-electron chi connectivity index (χ3n) is 4.88. The van der Waals surface area contributed by atoms with E-state index in [1.807, 2.05) is 24.3 Å². The number of furan rings is 1. The Labute approximate surface area is 180 Å². The fraction of sp³-hybridized carbons (Fsp3) is 0.130. The number of amides is 1. The molecule has 0 fully saturated rings. The van der Waals surface area contributed by atoms with Crippen LogP contribution in [0.3, 0.4) is 0 Å². The summed E-state index contributed by atoms with van der Waals surface area (Å²) in [5, 5.41) is 3.68. The molecule has 0 aliphatic carbocycles. The molecule has 4 rings (SSSR count). The largest absolute Gasteiger partial charge is 0.463 e. The molecule has 0 spiro atoms.